The van der Waals surface area contributed by atoms with Crippen molar-refractivity contribution in [3.05, 3.63) is 24.0 Å². The predicted octanol–water partition coefficient (Wildman–Crippen LogP) is 3.56. The highest BCUT2D eigenvalue weighted by Crippen LogP contribution is 2.37. The van der Waals surface area contributed by atoms with Gasteiger partial charge in [0, 0.05) is 19.6 Å². The minimum absolute atomic E-state index is 0.0702. The topological polar surface area (TPSA) is 45.2 Å². The third-order valence-corrected chi connectivity index (χ3v) is 4.79. The zero-order valence-electron chi connectivity index (χ0n) is 13.5. The molecule has 1 saturated heterocycles. The summed E-state index contributed by atoms with van der Waals surface area (Å²) in [5.74, 6) is 0.0702. The highest BCUT2D eigenvalue weighted by Gasteiger charge is 2.37. The molecular weight excluding hydrogens is 262 g/mol. The van der Waals surface area contributed by atoms with Crippen molar-refractivity contribution in [2.45, 2.75) is 46.5 Å². The van der Waals surface area contributed by atoms with Crippen molar-refractivity contribution < 1.29 is 4.79 Å². The molecule has 0 saturated carbocycles. The fourth-order valence-electron chi connectivity index (χ4n) is 2.99. The van der Waals surface area contributed by atoms with E-state index in [9.17, 15) is 4.79 Å². The van der Waals surface area contributed by atoms with Gasteiger partial charge in [-0.15, -0.1) is 0 Å². The van der Waals surface area contributed by atoms with Crippen LogP contribution >= 0.6 is 0 Å². The number of likely N-dealkylation sites (tertiary alicyclic amines) is 1. The van der Waals surface area contributed by atoms with Gasteiger partial charge >= 0.3 is 0 Å². The van der Waals surface area contributed by atoms with Crippen LogP contribution in [0.15, 0.2) is 18.3 Å². The Morgan fingerprint density at radius 3 is 2.62 bits per heavy atom. The van der Waals surface area contributed by atoms with Gasteiger partial charge in [-0.2, -0.15) is 0 Å². The number of nitrogens with zero attached hydrogens (tertiary/aromatic N) is 2. The molecule has 1 amide bonds. The summed E-state index contributed by atoms with van der Waals surface area (Å²) in [5.41, 5.74) is 1.85. The maximum atomic E-state index is 12.5. The molecule has 1 aromatic heterocycles. The molecule has 0 atom stereocenters. The second-order valence-electron chi connectivity index (χ2n) is 6.04. The van der Waals surface area contributed by atoms with Gasteiger partial charge in [0.15, 0.2) is 0 Å². The summed E-state index contributed by atoms with van der Waals surface area (Å²) >= 11 is 0. The molecular formula is C17H27N3O. The summed E-state index contributed by atoms with van der Waals surface area (Å²) in [6.07, 6.45) is 6.22. The molecule has 4 heteroatoms. The fraction of sp³-hybridized carbons (Fsp3) is 0.647. The van der Waals surface area contributed by atoms with Gasteiger partial charge in [-0.05, 0) is 43.2 Å². The average Bonchev–Trinajstić information content (AvgIpc) is 2.98. The minimum atomic E-state index is 0.0702. The van der Waals surface area contributed by atoms with E-state index < -0.39 is 0 Å². The largest absolute Gasteiger partial charge is 0.384 e. The van der Waals surface area contributed by atoms with Crippen LogP contribution < -0.4 is 5.32 Å². The average molecular weight is 289 g/mol. The van der Waals surface area contributed by atoms with Crippen LogP contribution in [0.3, 0.4) is 0 Å². The molecule has 1 aromatic rings. The maximum Gasteiger partial charge on any atom is 0.272 e. The number of carbonyl (C=O) groups is 1. The Labute approximate surface area is 127 Å². The first-order valence-corrected chi connectivity index (χ1v) is 8.13. The molecule has 1 fully saturated rings. The molecule has 0 aliphatic carbocycles. The summed E-state index contributed by atoms with van der Waals surface area (Å²) in [6.45, 7) is 9.23. The van der Waals surface area contributed by atoms with Crippen molar-refractivity contribution in [3.63, 3.8) is 0 Å². The van der Waals surface area contributed by atoms with Gasteiger partial charge in [0.05, 0.1) is 11.9 Å². The van der Waals surface area contributed by atoms with Gasteiger partial charge in [0.25, 0.3) is 5.91 Å². The third-order valence-electron chi connectivity index (χ3n) is 4.79. The van der Waals surface area contributed by atoms with Crippen LogP contribution in [0.4, 0.5) is 5.69 Å². The number of amides is 1. The molecule has 1 N–H and O–H groups in total. The summed E-state index contributed by atoms with van der Waals surface area (Å²) in [5, 5.41) is 3.27. The Bertz CT molecular complexity index is 465. The molecule has 0 spiro atoms. The Morgan fingerprint density at radius 2 is 2.10 bits per heavy atom. The molecule has 0 unspecified atom stereocenters. The first kappa shape index (κ1) is 15.8. The molecule has 0 radical (unpaired) electrons. The molecule has 0 aromatic carbocycles. The molecule has 2 rings (SSSR count). The summed E-state index contributed by atoms with van der Waals surface area (Å²) in [6, 6.07) is 3.77. The lowest BCUT2D eigenvalue weighted by Gasteiger charge is -2.26. The van der Waals surface area contributed by atoms with Crippen LogP contribution in [0.5, 0.6) is 0 Å². The van der Waals surface area contributed by atoms with Crippen LogP contribution in [-0.4, -0.2) is 35.4 Å². The van der Waals surface area contributed by atoms with E-state index in [-0.39, 0.29) is 5.91 Å². The normalized spacial score (nSPS) is 17.0. The summed E-state index contributed by atoms with van der Waals surface area (Å²) in [4.78, 5) is 18.8. The van der Waals surface area contributed by atoms with E-state index in [2.05, 4.69) is 31.1 Å². The van der Waals surface area contributed by atoms with Gasteiger partial charge in [-0.3, -0.25) is 4.79 Å². The first-order valence-electron chi connectivity index (χ1n) is 8.13. The van der Waals surface area contributed by atoms with Gasteiger partial charge in [0.1, 0.15) is 5.69 Å². The van der Waals surface area contributed by atoms with E-state index in [1.54, 1.807) is 6.20 Å². The number of hydrogen-bond acceptors (Lipinski definition) is 3. The van der Waals surface area contributed by atoms with Gasteiger partial charge in [-0.1, -0.05) is 20.8 Å². The molecule has 0 bridgehead atoms. The van der Waals surface area contributed by atoms with Crippen LogP contribution in [0.25, 0.3) is 0 Å². The Hall–Kier alpha value is -1.58. The minimum Gasteiger partial charge on any atom is -0.384 e. The van der Waals surface area contributed by atoms with Crippen LogP contribution in [0.1, 0.15) is 56.9 Å². The van der Waals surface area contributed by atoms with Crippen molar-refractivity contribution in [2.24, 2.45) is 5.41 Å². The van der Waals surface area contributed by atoms with E-state index in [4.69, 9.17) is 0 Å². The van der Waals surface area contributed by atoms with Crippen molar-refractivity contribution in [3.8, 4) is 0 Å². The standard InChI is InChI=1S/C17H27N3O/c1-4-10-18-14-7-8-15(19-12-14)16(21)20-11-9-17(5-2,6-3)13-20/h7-8,12,18H,4-6,9-11,13H2,1-3H3. The van der Waals surface area contributed by atoms with E-state index in [0.29, 0.717) is 11.1 Å². The SMILES string of the molecule is CCCNc1ccc(C(=O)N2CCC(CC)(CC)C2)nc1. The van der Waals surface area contributed by atoms with Gasteiger partial charge < -0.3 is 10.2 Å². The predicted molar refractivity (Wildman–Crippen MR) is 86.6 cm³/mol. The number of hydrogen-bond donors (Lipinski definition) is 1. The van der Waals surface area contributed by atoms with Crippen molar-refractivity contribution >= 4 is 11.6 Å². The monoisotopic (exact) mass is 289 g/mol. The molecule has 4 nitrogen and oxygen atoms in total. The third kappa shape index (κ3) is 3.55. The van der Waals surface area contributed by atoms with Crippen LogP contribution in [0, 0.1) is 5.41 Å². The van der Waals surface area contributed by atoms with E-state index in [1.165, 1.54) is 0 Å². The second-order valence-corrected chi connectivity index (χ2v) is 6.04. The quantitative estimate of drug-likeness (QED) is 0.871. The lowest BCUT2D eigenvalue weighted by Crippen LogP contribution is -2.32. The van der Waals surface area contributed by atoms with E-state index in [0.717, 1.165) is 51.0 Å². The summed E-state index contributed by atoms with van der Waals surface area (Å²) < 4.78 is 0. The van der Waals surface area contributed by atoms with E-state index >= 15 is 0 Å². The van der Waals surface area contributed by atoms with Crippen molar-refractivity contribution in [1.29, 1.82) is 0 Å². The number of carbonyl (C=O) groups excluding carboxylic acids is 1. The Kier molecular flexibility index (Phi) is 5.21. The maximum absolute atomic E-state index is 12.5. The molecule has 2 heterocycles. The number of pyridine rings is 1. The highest BCUT2D eigenvalue weighted by molar-refractivity contribution is 5.92. The van der Waals surface area contributed by atoms with Crippen molar-refractivity contribution in [2.75, 3.05) is 25.0 Å². The molecule has 116 valence electrons. The summed E-state index contributed by atoms with van der Waals surface area (Å²) in [7, 11) is 0. The molecule has 1 aliphatic rings. The first-order chi connectivity index (χ1) is 10.1. The second kappa shape index (κ2) is 6.92. The van der Waals surface area contributed by atoms with Gasteiger partial charge in [-0.25, -0.2) is 4.98 Å². The number of aromatic nitrogens is 1. The lowest BCUT2D eigenvalue weighted by atomic mass is 9.82. The fourth-order valence-corrected chi connectivity index (χ4v) is 2.99. The van der Waals surface area contributed by atoms with Crippen LogP contribution in [0.2, 0.25) is 0 Å². The van der Waals surface area contributed by atoms with Crippen molar-refractivity contribution in [1.82, 2.24) is 9.88 Å². The Morgan fingerprint density at radius 1 is 1.33 bits per heavy atom. The molecule has 21 heavy (non-hydrogen) atoms. The molecule has 1 aliphatic heterocycles. The zero-order valence-corrected chi connectivity index (χ0v) is 13.5. The van der Waals surface area contributed by atoms with E-state index in [1.807, 2.05) is 17.0 Å². The lowest BCUT2D eigenvalue weighted by molar-refractivity contribution is 0.0764. The highest BCUT2D eigenvalue weighted by atomic mass is 16.2. The smallest absolute Gasteiger partial charge is 0.272 e. The number of rotatable bonds is 6. The van der Waals surface area contributed by atoms with Gasteiger partial charge in [0.2, 0.25) is 0 Å². The Balaban J connectivity index is 2.00. The number of anilines is 1. The zero-order chi connectivity index (χ0) is 15.3. The number of nitrogens with one attached hydrogen (secondary N) is 1. The van der Waals surface area contributed by atoms with Crippen LogP contribution in [-0.2, 0) is 0 Å².